The van der Waals surface area contributed by atoms with Crippen molar-refractivity contribution < 1.29 is 0 Å². The molecule has 1 aliphatic carbocycles. The molecule has 0 saturated heterocycles. The molecule has 0 atom stereocenters. The van der Waals surface area contributed by atoms with Crippen LogP contribution in [0.25, 0.3) is 77.9 Å². The fourth-order valence-corrected chi connectivity index (χ4v) is 6.60. The Morgan fingerprint density at radius 1 is 0.375 bits per heavy atom. The van der Waals surface area contributed by atoms with E-state index in [1.807, 2.05) is 0 Å². The van der Waals surface area contributed by atoms with Crippen LogP contribution in [0.15, 0.2) is 133 Å². The summed E-state index contributed by atoms with van der Waals surface area (Å²) in [6, 6.07) is 49.1. The maximum Gasteiger partial charge on any atom is -0.00203 e. The van der Waals surface area contributed by atoms with E-state index in [9.17, 15) is 0 Å². The highest BCUT2D eigenvalue weighted by atomic mass is 14.2. The first-order valence-corrected chi connectivity index (χ1v) is 14.2. The van der Waals surface area contributed by atoms with Gasteiger partial charge in [0, 0.05) is 0 Å². The second-order valence-corrected chi connectivity index (χ2v) is 10.8. The molecule has 0 unspecified atom stereocenters. The van der Waals surface area contributed by atoms with E-state index < -0.39 is 0 Å². The molecule has 0 bridgehead atoms. The lowest BCUT2D eigenvalue weighted by molar-refractivity contribution is 1.12. The molecule has 0 spiro atoms. The minimum atomic E-state index is 1.10. The smallest absolute Gasteiger partial charge is 0.00203 e. The Morgan fingerprint density at radius 3 is 1.68 bits per heavy atom. The standard InChI is InChI=1S/C40H28/c1-2-12-31-26-32(25-22-27(31)10-1)28-20-23-30(24-21-28)39-35-15-5-7-17-37(35)40(38-18-8-6-16-36(38)39)34-19-9-13-29-11-3-4-14-33(29)34/h1-2,5-26H,3-4H2. The van der Waals surface area contributed by atoms with Gasteiger partial charge in [0.1, 0.15) is 0 Å². The lowest BCUT2D eigenvalue weighted by Gasteiger charge is -2.19. The summed E-state index contributed by atoms with van der Waals surface area (Å²) in [5.74, 6) is 0. The molecule has 0 N–H and O–H groups in total. The van der Waals surface area contributed by atoms with Crippen molar-refractivity contribution in [2.24, 2.45) is 0 Å². The predicted molar refractivity (Wildman–Crippen MR) is 173 cm³/mol. The molecule has 0 radical (unpaired) electrons. The Hall–Kier alpha value is -4.94. The van der Waals surface area contributed by atoms with Crippen molar-refractivity contribution in [1.82, 2.24) is 0 Å². The Morgan fingerprint density at radius 2 is 0.950 bits per heavy atom. The zero-order valence-corrected chi connectivity index (χ0v) is 22.3. The molecule has 0 amide bonds. The first kappa shape index (κ1) is 23.0. The van der Waals surface area contributed by atoms with Gasteiger partial charge in [-0.1, -0.05) is 140 Å². The summed E-state index contributed by atoms with van der Waals surface area (Å²) in [5, 5.41) is 10.5. The van der Waals surface area contributed by atoms with Crippen molar-refractivity contribution in [3.8, 4) is 33.4 Å². The Balaban J connectivity index is 1.36. The summed E-state index contributed by atoms with van der Waals surface area (Å²) >= 11 is 0. The topological polar surface area (TPSA) is 0 Å². The third-order valence-electron chi connectivity index (χ3n) is 8.48. The lowest BCUT2D eigenvalue weighted by Crippen LogP contribution is -2.28. The summed E-state index contributed by atoms with van der Waals surface area (Å²) in [7, 11) is 0. The van der Waals surface area contributed by atoms with Crippen molar-refractivity contribution in [3.05, 3.63) is 144 Å². The third-order valence-corrected chi connectivity index (χ3v) is 8.48. The van der Waals surface area contributed by atoms with Gasteiger partial charge in [0.25, 0.3) is 0 Å². The van der Waals surface area contributed by atoms with E-state index in [2.05, 4.69) is 146 Å². The van der Waals surface area contributed by atoms with Gasteiger partial charge in [-0.05, 0) is 95.0 Å². The van der Waals surface area contributed by atoms with Crippen LogP contribution in [-0.4, -0.2) is 0 Å². The fourth-order valence-electron chi connectivity index (χ4n) is 6.60. The number of hydrogen-bond donors (Lipinski definition) is 0. The second-order valence-electron chi connectivity index (χ2n) is 10.8. The molecular weight excluding hydrogens is 480 g/mol. The van der Waals surface area contributed by atoms with Crippen LogP contribution in [0.3, 0.4) is 0 Å². The zero-order chi connectivity index (χ0) is 26.5. The minimum Gasteiger partial charge on any atom is -0.0763 e. The molecular formula is C40H28. The third kappa shape index (κ3) is 3.68. The van der Waals surface area contributed by atoms with Crippen LogP contribution in [0.1, 0.15) is 12.8 Å². The highest BCUT2D eigenvalue weighted by Crippen LogP contribution is 2.43. The van der Waals surface area contributed by atoms with Crippen LogP contribution in [-0.2, 0) is 0 Å². The van der Waals surface area contributed by atoms with Crippen LogP contribution in [0.4, 0.5) is 0 Å². The van der Waals surface area contributed by atoms with Crippen LogP contribution in [0.2, 0.25) is 0 Å². The first-order valence-electron chi connectivity index (χ1n) is 14.2. The number of fused-ring (bicyclic) bond motifs is 4. The molecule has 0 nitrogen and oxygen atoms in total. The van der Waals surface area contributed by atoms with Crippen LogP contribution in [0, 0.1) is 0 Å². The lowest BCUT2D eigenvalue weighted by atomic mass is 9.84. The minimum absolute atomic E-state index is 1.10. The Bertz CT molecular complexity index is 2140. The molecule has 0 heteroatoms. The average Bonchev–Trinajstić information content (AvgIpc) is 3.03. The molecule has 1 aliphatic rings. The average molecular weight is 509 g/mol. The molecule has 0 aromatic heterocycles. The highest BCUT2D eigenvalue weighted by Gasteiger charge is 2.17. The van der Waals surface area contributed by atoms with Gasteiger partial charge >= 0.3 is 0 Å². The molecule has 7 aromatic rings. The summed E-state index contributed by atoms with van der Waals surface area (Å²) in [6.45, 7) is 0. The van der Waals surface area contributed by atoms with E-state index in [4.69, 9.17) is 0 Å². The van der Waals surface area contributed by atoms with Gasteiger partial charge in [-0.25, -0.2) is 0 Å². The van der Waals surface area contributed by atoms with Gasteiger partial charge in [-0.15, -0.1) is 0 Å². The molecule has 0 aliphatic heterocycles. The molecule has 188 valence electrons. The van der Waals surface area contributed by atoms with Crippen LogP contribution < -0.4 is 10.4 Å². The van der Waals surface area contributed by atoms with Crippen molar-refractivity contribution in [2.75, 3.05) is 0 Å². The van der Waals surface area contributed by atoms with Crippen molar-refractivity contribution in [2.45, 2.75) is 12.8 Å². The van der Waals surface area contributed by atoms with Gasteiger partial charge in [0.05, 0.1) is 0 Å². The fraction of sp³-hybridized carbons (Fsp3) is 0.0500. The van der Waals surface area contributed by atoms with E-state index in [0.717, 1.165) is 12.8 Å². The van der Waals surface area contributed by atoms with Crippen molar-refractivity contribution >= 4 is 44.5 Å². The first-order chi connectivity index (χ1) is 19.8. The van der Waals surface area contributed by atoms with E-state index in [1.54, 1.807) is 0 Å². The molecule has 8 rings (SSSR count). The number of benzene rings is 7. The zero-order valence-electron chi connectivity index (χ0n) is 22.3. The van der Waals surface area contributed by atoms with Gasteiger partial charge in [0.2, 0.25) is 0 Å². The van der Waals surface area contributed by atoms with E-state index >= 15 is 0 Å². The SMILES string of the molecule is C1=c2cccc(-c3c4ccccc4c(-c4ccc(-c5ccc6ccccc6c5)cc4)c4ccccc34)c2=CCC1. The Labute approximate surface area is 234 Å². The van der Waals surface area contributed by atoms with Gasteiger partial charge in [-0.2, -0.15) is 0 Å². The van der Waals surface area contributed by atoms with E-state index in [0.29, 0.717) is 0 Å². The summed E-state index contributed by atoms with van der Waals surface area (Å²) in [5.41, 5.74) is 7.71. The van der Waals surface area contributed by atoms with E-state index in [1.165, 1.54) is 76.1 Å². The van der Waals surface area contributed by atoms with Gasteiger partial charge < -0.3 is 0 Å². The van der Waals surface area contributed by atoms with Crippen LogP contribution in [0.5, 0.6) is 0 Å². The van der Waals surface area contributed by atoms with Crippen LogP contribution >= 0.6 is 0 Å². The predicted octanol–water partition coefficient (Wildman–Crippen LogP) is 9.50. The van der Waals surface area contributed by atoms with Crippen molar-refractivity contribution in [3.63, 3.8) is 0 Å². The molecule has 0 saturated carbocycles. The Kier molecular flexibility index (Phi) is 5.38. The second kappa shape index (κ2) is 9.36. The maximum absolute atomic E-state index is 2.42. The largest absolute Gasteiger partial charge is 0.0763 e. The summed E-state index contributed by atoms with van der Waals surface area (Å²) in [4.78, 5) is 0. The monoisotopic (exact) mass is 508 g/mol. The van der Waals surface area contributed by atoms with Crippen molar-refractivity contribution in [1.29, 1.82) is 0 Å². The van der Waals surface area contributed by atoms with Gasteiger partial charge in [-0.3, -0.25) is 0 Å². The summed E-state index contributed by atoms with van der Waals surface area (Å²) < 4.78 is 0. The molecule has 0 heterocycles. The normalized spacial score (nSPS) is 12.7. The molecule has 0 fully saturated rings. The maximum atomic E-state index is 2.42. The van der Waals surface area contributed by atoms with Gasteiger partial charge in [0.15, 0.2) is 0 Å². The number of rotatable bonds is 3. The highest BCUT2D eigenvalue weighted by molar-refractivity contribution is 6.21. The summed E-state index contributed by atoms with van der Waals surface area (Å²) in [6.07, 6.45) is 7.02. The quantitative estimate of drug-likeness (QED) is 0.209. The van der Waals surface area contributed by atoms with E-state index in [-0.39, 0.29) is 0 Å². The molecule has 7 aromatic carbocycles. The number of hydrogen-bond acceptors (Lipinski definition) is 0. The molecule has 40 heavy (non-hydrogen) atoms.